The minimum Gasteiger partial charge on any atom is -0.348 e. The van der Waals surface area contributed by atoms with Crippen molar-refractivity contribution in [3.63, 3.8) is 0 Å². The van der Waals surface area contributed by atoms with Crippen molar-refractivity contribution in [1.82, 2.24) is 14.9 Å². The molecule has 0 aliphatic rings. The number of hydrogen-bond donors (Lipinski definition) is 1. The smallest absolute Gasteiger partial charge is 0.348 e. The van der Waals surface area contributed by atoms with Crippen LogP contribution < -0.4 is 5.32 Å². The number of carbonyl (C=O) groups excluding carboxylic acids is 1. The Bertz CT molecular complexity index is 734. The van der Waals surface area contributed by atoms with Crippen molar-refractivity contribution in [3.05, 3.63) is 47.5 Å². The lowest BCUT2D eigenvalue weighted by Crippen LogP contribution is -2.34. The van der Waals surface area contributed by atoms with Gasteiger partial charge in [0.1, 0.15) is 23.6 Å². The van der Waals surface area contributed by atoms with Gasteiger partial charge in [-0.15, -0.1) is 0 Å². The van der Waals surface area contributed by atoms with Crippen LogP contribution in [-0.4, -0.2) is 21.5 Å². The Morgan fingerprint density at radius 2 is 1.88 bits per heavy atom. The Balaban J connectivity index is 2.62. The van der Waals surface area contributed by atoms with E-state index in [9.17, 15) is 26.7 Å². The third-order valence-electron chi connectivity index (χ3n) is 3.42. The molecule has 0 bridgehead atoms. The molecular formula is C15H14F5N3O. The molecule has 1 N–H and O–H groups in total. The third kappa shape index (κ3) is 3.39. The highest BCUT2D eigenvalue weighted by Gasteiger charge is 2.41. The predicted molar refractivity (Wildman–Crippen MR) is 75.7 cm³/mol. The first-order valence-electron chi connectivity index (χ1n) is 7.06. The molecule has 0 saturated carbocycles. The molecule has 1 unspecified atom stereocenters. The second-order valence-corrected chi connectivity index (χ2v) is 5.16. The van der Waals surface area contributed by atoms with E-state index in [1.807, 2.05) is 0 Å². The monoisotopic (exact) mass is 347 g/mol. The highest BCUT2D eigenvalue weighted by Crippen LogP contribution is 2.34. The molecule has 130 valence electrons. The summed E-state index contributed by atoms with van der Waals surface area (Å²) in [6.07, 6.45) is -3.96. The molecule has 1 aromatic carbocycles. The quantitative estimate of drug-likeness (QED) is 0.858. The van der Waals surface area contributed by atoms with Crippen molar-refractivity contribution < 1.29 is 26.7 Å². The van der Waals surface area contributed by atoms with E-state index in [0.717, 1.165) is 18.2 Å². The number of amides is 1. The predicted octanol–water partition coefficient (Wildman–Crippen LogP) is 3.70. The van der Waals surface area contributed by atoms with Crippen LogP contribution in [0.3, 0.4) is 0 Å². The van der Waals surface area contributed by atoms with E-state index < -0.39 is 40.8 Å². The lowest BCUT2D eigenvalue weighted by Gasteiger charge is -2.15. The van der Waals surface area contributed by atoms with Gasteiger partial charge in [0.25, 0.3) is 5.91 Å². The van der Waals surface area contributed by atoms with Crippen molar-refractivity contribution in [1.29, 1.82) is 0 Å². The van der Waals surface area contributed by atoms with E-state index in [4.69, 9.17) is 0 Å². The summed E-state index contributed by atoms with van der Waals surface area (Å²) < 4.78 is 68.0. The van der Waals surface area contributed by atoms with E-state index in [2.05, 4.69) is 10.3 Å². The maximum atomic E-state index is 13.8. The van der Waals surface area contributed by atoms with Gasteiger partial charge in [-0.05, 0) is 25.5 Å². The third-order valence-corrected chi connectivity index (χ3v) is 3.42. The lowest BCUT2D eigenvalue weighted by molar-refractivity contribution is -0.142. The van der Waals surface area contributed by atoms with Crippen LogP contribution in [0.2, 0.25) is 0 Å². The second kappa shape index (κ2) is 6.58. The van der Waals surface area contributed by atoms with Crippen LogP contribution in [-0.2, 0) is 6.18 Å². The van der Waals surface area contributed by atoms with E-state index in [-0.39, 0.29) is 10.6 Å². The fourth-order valence-electron chi connectivity index (χ4n) is 2.07. The summed E-state index contributed by atoms with van der Waals surface area (Å²) in [5, 5.41) is 2.35. The number of carbonyl (C=O) groups is 1. The minimum absolute atomic E-state index is 0.205. The van der Waals surface area contributed by atoms with Crippen LogP contribution >= 0.6 is 0 Å². The molecule has 1 amide bonds. The lowest BCUT2D eigenvalue weighted by atomic mass is 10.2. The molecule has 0 spiro atoms. The number of imidazole rings is 1. The van der Waals surface area contributed by atoms with Crippen molar-refractivity contribution in [2.45, 2.75) is 32.5 Å². The van der Waals surface area contributed by atoms with Crippen LogP contribution in [0.4, 0.5) is 22.0 Å². The van der Waals surface area contributed by atoms with Crippen molar-refractivity contribution >= 4 is 5.91 Å². The number of rotatable bonds is 4. The molecule has 0 radical (unpaired) electrons. The maximum Gasteiger partial charge on any atom is 0.434 e. The molecule has 9 heteroatoms. The molecular weight excluding hydrogens is 333 g/mol. The highest BCUT2D eigenvalue weighted by molar-refractivity contribution is 5.94. The van der Waals surface area contributed by atoms with Gasteiger partial charge in [-0.3, -0.25) is 9.36 Å². The summed E-state index contributed by atoms with van der Waals surface area (Å²) in [5.41, 5.74) is -3.42. The van der Waals surface area contributed by atoms with Gasteiger partial charge < -0.3 is 5.32 Å². The van der Waals surface area contributed by atoms with Gasteiger partial charge >= 0.3 is 6.18 Å². The maximum absolute atomic E-state index is 13.8. The van der Waals surface area contributed by atoms with Gasteiger partial charge in [0.15, 0.2) is 11.4 Å². The first kappa shape index (κ1) is 17.9. The summed E-state index contributed by atoms with van der Waals surface area (Å²) in [4.78, 5) is 15.4. The summed E-state index contributed by atoms with van der Waals surface area (Å²) in [5.74, 6) is -3.47. The first-order chi connectivity index (χ1) is 11.2. The molecule has 0 saturated heterocycles. The molecule has 2 aromatic rings. The number of para-hydroxylation sites is 1. The average molecular weight is 347 g/mol. The molecule has 4 nitrogen and oxygen atoms in total. The largest absolute Gasteiger partial charge is 0.434 e. The normalized spacial score (nSPS) is 13.0. The summed E-state index contributed by atoms with van der Waals surface area (Å²) in [6, 6.07) is 2.28. The zero-order chi connectivity index (χ0) is 18.1. The fraction of sp³-hybridized carbons (Fsp3) is 0.333. The molecule has 1 aromatic heterocycles. The van der Waals surface area contributed by atoms with Gasteiger partial charge in [0.2, 0.25) is 0 Å². The van der Waals surface area contributed by atoms with E-state index >= 15 is 0 Å². The van der Waals surface area contributed by atoms with Crippen molar-refractivity contribution in [2.75, 3.05) is 0 Å². The Kier molecular flexibility index (Phi) is 4.91. The molecule has 1 atom stereocenters. The van der Waals surface area contributed by atoms with Crippen LogP contribution in [0, 0.1) is 11.6 Å². The highest BCUT2D eigenvalue weighted by atomic mass is 19.4. The molecule has 2 rings (SSSR count). The molecule has 1 heterocycles. The zero-order valence-corrected chi connectivity index (χ0v) is 12.8. The number of nitrogens with one attached hydrogen (secondary N) is 1. The van der Waals surface area contributed by atoms with Crippen LogP contribution in [0.25, 0.3) is 5.69 Å². The Labute approximate surface area is 134 Å². The Hall–Kier alpha value is -2.45. The standard InChI is InChI=1S/C15H14F5N3O/c1-3-8(2)22-14(24)11-13(15(18,19)20)23(7-21-11)12-9(16)5-4-6-10(12)17/h4-8H,3H2,1-2H3,(H,22,24). The molecule has 24 heavy (non-hydrogen) atoms. The topological polar surface area (TPSA) is 46.9 Å². The Morgan fingerprint density at radius 3 is 2.38 bits per heavy atom. The number of nitrogens with zero attached hydrogens (tertiary/aromatic N) is 2. The number of hydrogen-bond acceptors (Lipinski definition) is 2. The van der Waals surface area contributed by atoms with E-state index in [0.29, 0.717) is 12.7 Å². The molecule has 0 aliphatic heterocycles. The van der Waals surface area contributed by atoms with Crippen molar-refractivity contribution in [2.24, 2.45) is 0 Å². The van der Waals surface area contributed by atoms with E-state index in [1.54, 1.807) is 13.8 Å². The number of aromatic nitrogens is 2. The summed E-state index contributed by atoms with van der Waals surface area (Å²) in [6.45, 7) is 3.35. The fourth-order valence-corrected chi connectivity index (χ4v) is 2.07. The van der Waals surface area contributed by atoms with Gasteiger partial charge in [0, 0.05) is 6.04 Å². The van der Waals surface area contributed by atoms with Gasteiger partial charge in [-0.25, -0.2) is 13.8 Å². The molecule has 0 fully saturated rings. The summed E-state index contributed by atoms with van der Waals surface area (Å²) >= 11 is 0. The minimum atomic E-state index is -5.03. The number of benzene rings is 1. The summed E-state index contributed by atoms with van der Waals surface area (Å²) in [7, 11) is 0. The van der Waals surface area contributed by atoms with Crippen LogP contribution in [0.1, 0.15) is 36.5 Å². The zero-order valence-electron chi connectivity index (χ0n) is 12.8. The molecule has 0 aliphatic carbocycles. The Morgan fingerprint density at radius 1 is 1.29 bits per heavy atom. The van der Waals surface area contributed by atoms with Gasteiger partial charge in [-0.1, -0.05) is 13.0 Å². The average Bonchev–Trinajstić information content (AvgIpc) is 2.91. The van der Waals surface area contributed by atoms with Gasteiger partial charge in [0.05, 0.1) is 0 Å². The van der Waals surface area contributed by atoms with Crippen LogP contribution in [0.5, 0.6) is 0 Å². The first-order valence-corrected chi connectivity index (χ1v) is 7.06. The van der Waals surface area contributed by atoms with Gasteiger partial charge in [-0.2, -0.15) is 13.2 Å². The SMILES string of the molecule is CCC(C)NC(=O)c1ncn(-c2c(F)cccc2F)c1C(F)(F)F. The number of alkyl halides is 3. The second-order valence-electron chi connectivity index (χ2n) is 5.16. The van der Waals surface area contributed by atoms with Crippen molar-refractivity contribution in [3.8, 4) is 5.69 Å². The van der Waals surface area contributed by atoms with Crippen LogP contribution in [0.15, 0.2) is 24.5 Å². The number of halogens is 5. The van der Waals surface area contributed by atoms with E-state index in [1.165, 1.54) is 0 Å².